The first-order valence-corrected chi connectivity index (χ1v) is 6.56. The second-order valence-electron chi connectivity index (χ2n) is 5.32. The van der Waals surface area contributed by atoms with Crippen LogP contribution in [0, 0.1) is 20.8 Å². The van der Waals surface area contributed by atoms with E-state index in [9.17, 15) is 35.9 Å². The molecule has 0 unspecified atom stereocenters. The summed E-state index contributed by atoms with van der Waals surface area (Å²) in [6.45, 7) is 3.99. The number of carbonyl (C=O) groups is 2. The Morgan fingerprint density at radius 3 is 1.67 bits per heavy atom. The van der Waals surface area contributed by atoms with Gasteiger partial charge in [-0.05, 0) is 31.9 Å². The number of hydrogen-bond donors (Lipinski definition) is 0. The highest BCUT2D eigenvalue weighted by atomic mass is 19.3. The van der Waals surface area contributed by atoms with E-state index >= 15 is 0 Å². The Labute approximate surface area is 133 Å². The average molecular weight is 356 g/mol. The summed E-state index contributed by atoms with van der Waals surface area (Å²) in [6.07, 6.45) is 0. The lowest BCUT2D eigenvalue weighted by atomic mass is 9.90. The van der Waals surface area contributed by atoms with Crippen LogP contribution in [0.2, 0.25) is 0 Å². The summed E-state index contributed by atoms with van der Waals surface area (Å²) in [5, 5.41) is 0. The van der Waals surface area contributed by atoms with Crippen molar-refractivity contribution in [2.24, 2.45) is 0 Å². The zero-order chi connectivity index (χ0) is 19.1. The minimum atomic E-state index is -6.27. The maximum atomic E-state index is 13.9. The highest BCUT2D eigenvalue weighted by molar-refractivity contribution is 6.05. The second kappa shape index (κ2) is 6.10. The van der Waals surface area contributed by atoms with Crippen LogP contribution < -0.4 is 0 Å². The smallest absolute Gasteiger partial charge is 0.411 e. The Balaban J connectivity index is 3.49. The molecule has 0 saturated heterocycles. The highest BCUT2D eigenvalue weighted by Gasteiger charge is 2.78. The summed E-state index contributed by atoms with van der Waals surface area (Å²) in [5.74, 6) is -23.3. The third kappa shape index (κ3) is 2.87. The molecular formula is C15H14F6O3. The third-order valence-electron chi connectivity index (χ3n) is 3.42. The quantitative estimate of drug-likeness (QED) is 0.457. The largest absolute Gasteiger partial charge is 0.464 e. The standard InChI is InChI=1S/C15H14F6O3/c1-7-5-8(2)10(9(3)6-7)11(22)13(16,17)15(20,21)14(18,19)12(23)24-4/h5-6H,1-4H3. The zero-order valence-corrected chi connectivity index (χ0v) is 13.1. The number of alkyl halides is 6. The molecule has 0 bridgehead atoms. The fraction of sp³-hybridized carbons (Fsp3) is 0.467. The number of esters is 1. The van der Waals surface area contributed by atoms with Crippen molar-refractivity contribution in [3.63, 3.8) is 0 Å². The molecular weight excluding hydrogens is 342 g/mol. The monoisotopic (exact) mass is 356 g/mol. The molecule has 0 saturated carbocycles. The van der Waals surface area contributed by atoms with Gasteiger partial charge in [-0.25, -0.2) is 4.79 Å². The van der Waals surface area contributed by atoms with Gasteiger partial charge in [0.15, 0.2) is 0 Å². The lowest BCUT2D eigenvalue weighted by Crippen LogP contribution is -2.61. The van der Waals surface area contributed by atoms with Gasteiger partial charge in [-0.1, -0.05) is 17.7 Å². The van der Waals surface area contributed by atoms with Gasteiger partial charge < -0.3 is 4.74 Å². The number of halogens is 6. The minimum Gasteiger partial charge on any atom is -0.464 e. The van der Waals surface area contributed by atoms with Gasteiger partial charge in [0, 0.05) is 5.56 Å². The molecule has 9 heteroatoms. The van der Waals surface area contributed by atoms with Crippen LogP contribution in [0.5, 0.6) is 0 Å². The molecule has 0 aromatic heterocycles. The van der Waals surface area contributed by atoms with Gasteiger partial charge >= 0.3 is 23.7 Å². The van der Waals surface area contributed by atoms with E-state index < -0.39 is 35.1 Å². The van der Waals surface area contributed by atoms with E-state index in [1.807, 2.05) is 0 Å². The maximum absolute atomic E-state index is 13.9. The summed E-state index contributed by atoms with van der Waals surface area (Å²) in [6, 6.07) is 2.54. The molecule has 0 fully saturated rings. The van der Waals surface area contributed by atoms with Gasteiger partial charge in [0.05, 0.1) is 7.11 Å². The molecule has 0 atom stereocenters. The zero-order valence-electron chi connectivity index (χ0n) is 13.1. The minimum absolute atomic E-state index is 0.0747. The van der Waals surface area contributed by atoms with Gasteiger partial charge in [-0.2, -0.15) is 26.3 Å². The number of hydrogen-bond acceptors (Lipinski definition) is 3. The van der Waals surface area contributed by atoms with Crippen LogP contribution in [0.15, 0.2) is 12.1 Å². The molecule has 0 radical (unpaired) electrons. The van der Waals surface area contributed by atoms with Crippen LogP contribution in [0.3, 0.4) is 0 Å². The first-order chi connectivity index (χ1) is 10.7. The van der Waals surface area contributed by atoms with Crippen molar-refractivity contribution < 1.29 is 40.7 Å². The summed E-state index contributed by atoms with van der Waals surface area (Å²) in [7, 11) is 0.334. The molecule has 3 nitrogen and oxygen atoms in total. The third-order valence-corrected chi connectivity index (χ3v) is 3.42. The van der Waals surface area contributed by atoms with Gasteiger partial charge in [-0.3, -0.25) is 4.79 Å². The van der Waals surface area contributed by atoms with E-state index in [1.165, 1.54) is 26.0 Å². The van der Waals surface area contributed by atoms with Crippen molar-refractivity contribution in [1.29, 1.82) is 0 Å². The number of benzene rings is 1. The topological polar surface area (TPSA) is 43.4 Å². The van der Waals surface area contributed by atoms with E-state index in [2.05, 4.69) is 4.74 Å². The first-order valence-electron chi connectivity index (χ1n) is 6.56. The van der Waals surface area contributed by atoms with E-state index in [0.29, 0.717) is 12.7 Å². The summed E-state index contributed by atoms with van der Waals surface area (Å²) < 4.78 is 85.4. The van der Waals surface area contributed by atoms with Crippen LogP contribution in [-0.4, -0.2) is 36.6 Å². The molecule has 0 N–H and O–H groups in total. The maximum Gasteiger partial charge on any atom is 0.411 e. The first kappa shape index (κ1) is 20.0. The Morgan fingerprint density at radius 1 is 0.875 bits per heavy atom. The summed E-state index contributed by atoms with van der Waals surface area (Å²) >= 11 is 0. The number of aryl methyl sites for hydroxylation is 3. The van der Waals surface area contributed by atoms with Crippen molar-refractivity contribution in [2.45, 2.75) is 38.5 Å². The molecule has 0 aliphatic rings. The van der Waals surface area contributed by atoms with E-state index in [-0.39, 0.29) is 11.1 Å². The Kier molecular flexibility index (Phi) is 5.08. The number of carbonyl (C=O) groups excluding carboxylic acids is 2. The predicted molar refractivity (Wildman–Crippen MR) is 71.8 cm³/mol. The summed E-state index contributed by atoms with van der Waals surface area (Å²) in [5.41, 5.74) is -0.383. The molecule has 0 heterocycles. The average Bonchev–Trinajstić information content (AvgIpc) is 2.44. The molecule has 1 aromatic rings. The van der Waals surface area contributed by atoms with E-state index in [1.54, 1.807) is 6.92 Å². The van der Waals surface area contributed by atoms with Gasteiger partial charge in [0.25, 0.3) is 0 Å². The van der Waals surface area contributed by atoms with Crippen LogP contribution in [0.4, 0.5) is 26.3 Å². The molecule has 134 valence electrons. The normalized spacial score (nSPS) is 12.9. The van der Waals surface area contributed by atoms with Gasteiger partial charge in [0.1, 0.15) is 0 Å². The molecule has 1 rings (SSSR count). The van der Waals surface area contributed by atoms with Crippen molar-refractivity contribution in [3.8, 4) is 0 Å². The fourth-order valence-corrected chi connectivity index (χ4v) is 2.29. The van der Waals surface area contributed by atoms with Gasteiger partial charge in [-0.15, -0.1) is 0 Å². The van der Waals surface area contributed by atoms with Crippen LogP contribution in [-0.2, 0) is 9.53 Å². The number of Topliss-reactive ketones (excluding diaryl/α,β-unsaturated/α-hetero) is 1. The SMILES string of the molecule is COC(=O)C(F)(F)C(F)(F)C(F)(F)C(=O)c1c(C)cc(C)cc1C. The van der Waals surface area contributed by atoms with Crippen molar-refractivity contribution in [2.75, 3.05) is 7.11 Å². The Bertz CT molecular complexity index is 659. The molecule has 0 spiro atoms. The highest BCUT2D eigenvalue weighted by Crippen LogP contribution is 2.48. The van der Waals surface area contributed by atoms with Crippen LogP contribution in [0.25, 0.3) is 0 Å². The van der Waals surface area contributed by atoms with E-state index in [0.717, 1.165) is 0 Å². The molecule has 24 heavy (non-hydrogen) atoms. The molecule has 1 aromatic carbocycles. The van der Waals surface area contributed by atoms with Crippen molar-refractivity contribution >= 4 is 11.8 Å². The summed E-state index contributed by atoms with van der Waals surface area (Å²) in [4.78, 5) is 22.7. The molecule has 0 aliphatic heterocycles. The van der Waals surface area contributed by atoms with E-state index in [4.69, 9.17) is 0 Å². The van der Waals surface area contributed by atoms with Gasteiger partial charge in [0.2, 0.25) is 5.78 Å². The Hall–Kier alpha value is -2.06. The second-order valence-corrected chi connectivity index (χ2v) is 5.32. The van der Waals surface area contributed by atoms with Crippen LogP contribution in [0.1, 0.15) is 27.0 Å². The van der Waals surface area contributed by atoms with Crippen molar-refractivity contribution in [1.82, 2.24) is 0 Å². The number of ketones is 1. The number of rotatable bonds is 5. The Morgan fingerprint density at radius 2 is 1.29 bits per heavy atom. The predicted octanol–water partition coefficient (Wildman–Crippen LogP) is 3.87. The number of methoxy groups -OCH3 is 1. The lowest BCUT2D eigenvalue weighted by molar-refractivity contribution is -0.286. The lowest BCUT2D eigenvalue weighted by Gasteiger charge is -2.30. The molecule has 0 aliphatic carbocycles. The fourth-order valence-electron chi connectivity index (χ4n) is 2.29. The van der Waals surface area contributed by atoms with Crippen LogP contribution >= 0.6 is 0 Å². The number of ether oxygens (including phenoxy) is 1. The molecule has 0 amide bonds. The van der Waals surface area contributed by atoms with Crippen molar-refractivity contribution in [3.05, 3.63) is 34.4 Å².